The van der Waals surface area contributed by atoms with Crippen LogP contribution in [0.25, 0.3) is 6.08 Å². The van der Waals surface area contributed by atoms with Crippen molar-refractivity contribution >= 4 is 18.0 Å². The van der Waals surface area contributed by atoms with E-state index in [1.165, 1.54) is 6.08 Å². The number of hydrogen-bond donors (Lipinski definition) is 1. The fourth-order valence-electron chi connectivity index (χ4n) is 3.23. The number of allylic oxidation sites excluding steroid dienone is 1. The Morgan fingerprint density at radius 2 is 1.65 bits per heavy atom. The van der Waals surface area contributed by atoms with Crippen LogP contribution in [0.2, 0.25) is 0 Å². The molecule has 0 aliphatic carbocycles. The number of nitrogens with one attached hydrogen (secondary N) is 1. The van der Waals surface area contributed by atoms with Gasteiger partial charge in [0.05, 0.1) is 13.0 Å². The van der Waals surface area contributed by atoms with Crippen molar-refractivity contribution in [1.29, 1.82) is 0 Å². The van der Waals surface area contributed by atoms with Crippen LogP contribution in [-0.2, 0) is 20.9 Å². The van der Waals surface area contributed by atoms with E-state index in [4.69, 9.17) is 0 Å². The van der Waals surface area contributed by atoms with Gasteiger partial charge in [0, 0.05) is 6.54 Å². The molecular formula is C24H26F3NO3. The maximum atomic E-state index is 13.8. The van der Waals surface area contributed by atoms with Crippen LogP contribution in [0.15, 0.2) is 36.4 Å². The molecule has 1 amide bonds. The third-order valence-electron chi connectivity index (χ3n) is 5.32. The number of halogens is 3. The van der Waals surface area contributed by atoms with Crippen molar-refractivity contribution < 1.29 is 27.5 Å². The fourth-order valence-corrected chi connectivity index (χ4v) is 3.23. The number of hydrogen-bond acceptors (Lipinski definition) is 3. The number of amides is 1. The number of carbonyl (C=O) groups is 2. The molecule has 166 valence electrons. The van der Waals surface area contributed by atoms with Crippen LogP contribution in [0.4, 0.5) is 13.2 Å². The molecule has 1 unspecified atom stereocenters. The molecule has 0 spiro atoms. The zero-order chi connectivity index (χ0) is 23.3. The Morgan fingerprint density at radius 1 is 1.03 bits per heavy atom. The second kappa shape index (κ2) is 9.81. The number of aryl methyl sites for hydroxylation is 3. The van der Waals surface area contributed by atoms with Crippen LogP contribution in [-0.4, -0.2) is 25.2 Å². The van der Waals surface area contributed by atoms with Gasteiger partial charge in [0.25, 0.3) is 0 Å². The lowest BCUT2D eigenvalue weighted by Gasteiger charge is -2.19. The Labute approximate surface area is 180 Å². The number of methoxy groups -OCH3 is 1. The molecule has 0 heterocycles. The average Bonchev–Trinajstić information content (AvgIpc) is 2.69. The van der Waals surface area contributed by atoms with Gasteiger partial charge in [0.2, 0.25) is 0 Å². The van der Waals surface area contributed by atoms with E-state index in [-0.39, 0.29) is 12.1 Å². The largest absolute Gasteiger partial charge is 0.462 e. The van der Waals surface area contributed by atoms with Gasteiger partial charge >= 0.3 is 18.1 Å². The third kappa shape index (κ3) is 6.20. The van der Waals surface area contributed by atoms with Crippen LogP contribution in [0.5, 0.6) is 0 Å². The smallest absolute Gasteiger partial charge is 0.399 e. The molecule has 2 rings (SSSR count). The molecule has 0 saturated carbocycles. The van der Waals surface area contributed by atoms with Gasteiger partial charge in [-0.25, -0.2) is 4.79 Å². The van der Waals surface area contributed by atoms with Gasteiger partial charge in [0.15, 0.2) is 0 Å². The summed E-state index contributed by atoms with van der Waals surface area (Å²) in [5.41, 5.74) is 4.97. The number of rotatable bonds is 5. The molecule has 2 aromatic rings. The summed E-state index contributed by atoms with van der Waals surface area (Å²) in [5.74, 6) is -3.57. The maximum absolute atomic E-state index is 13.8. The minimum Gasteiger partial charge on any atom is -0.462 e. The van der Waals surface area contributed by atoms with Crippen molar-refractivity contribution in [2.75, 3.05) is 7.11 Å². The summed E-state index contributed by atoms with van der Waals surface area (Å²) in [5, 5.41) is 2.44. The number of ether oxygens (including phenoxy) is 1. The van der Waals surface area contributed by atoms with E-state index >= 15 is 0 Å². The summed E-state index contributed by atoms with van der Waals surface area (Å²) in [4.78, 5) is 22.6. The van der Waals surface area contributed by atoms with Gasteiger partial charge in [-0.15, -0.1) is 0 Å². The van der Waals surface area contributed by atoms with Crippen molar-refractivity contribution in [3.8, 4) is 0 Å². The Hall–Kier alpha value is -3.09. The van der Waals surface area contributed by atoms with Crippen molar-refractivity contribution in [1.82, 2.24) is 5.32 Å². The SMILES string of the molecule is COC(=O)C(=O)NCc1ccc(/C=C/C(c2cc(C)c(C)c(C)c2)C(F)(F)F)cc1C. The molecule has 1 N–H and O–H groups in total. The van der Waals surface area contributed by atoms with Crippen molar-refractivity contribution in [2.24, 2.45) is 0 Å². The molecule has 0 radical (unpaired) electrons. The monoisotopic (exact) mass is 433 g/mol. The lowest BCUT2D eigenvalue weighted by atomic mass is 9.91. The van der Waals surface area contributed by atoms with Gasteiger partial charge in [0.1, 0.15) is 0 Å². The van der Waals surface area contributed by atoms with Gasteiger partial charge in [-0.2, -0.15) is 13.2 Å². The van der Waals surface area contributed by atoms with Gasteiger partial charge < -0.3 is 10.1 Å². The highest BCUT2D eigenvalue weighted by molar-refractivity contribution is 6.32. The number of carbonyl (C=O) groups excluding carboxylic acids is 2. The molecule has 1 atom stereocenters. The summed E-state index contributed by atoms with van der Waals surface area (Å²) in [6.45, 7) is 7.40. The summed E-state index contributed by atoms with van der Waals surface area (Å²) in [6.07, 6.45) is -1.80. The molecule has 0 saturated heterocycles. The minimum atomic E-state index is -4.42. The molecule has 31 heavy (non-hydrogen) atoms. The van der Waals surface area contributed by atoms with E-state index in [9.17, 15) is 22.8 Å². The zero-order valence-electron chi connectivity index (χ0n) is 18.2. The first kappa shape index (κ1) is 24.2. The molecular weight excluding hydrogens is 407 g/mol. The van der Waals surface area contributed by atoms with E-state index in [1.54, 1.807) is 37.3 Å². The Bertz CT molecular complexity index is 987. The quantitative estimate of drug-likeness (QED) is 0.529. The predicted molar refractivity (Wildman–Crippen MR) is 114 cm³/mol. The highest BCUT2D eigenvalue weighted by atomic mass is 19.4. The molecule has 2 aromatic carbocycles. The first-order valence-corrected chi connectivity index (χ1v) is 9.72. The Kier molecular flexibility index (Phi) is 7.65. The number of esters is 1. The topological polar surface area (TPSA) is 55.4 Å². The van der Waals surface area contributed by atoms with Crippen LogP contribution in [0.3, 0.4) is 0 Å². The van der Waals surface area contributed by atoms with E-state index in [0.29, 0.717) is 5.56 Å². The van der Waals surface area contributed by atoms with Crippen molar-refractivity contribution in [3.05, 3.63) is 75.4 Å². The molecule has 7 heteroatoms. The minimum absolute atomic E-state index is 0.108. The van der Waals surface area contributed by atoms with Crippen molar-refractivity contribution in [2.45, 2.75) is 46.3 Å². The number of alkyl halides is 3. The zero-order valence-corrected chi connectivity index (χ0v) is 18.2. The van der Waals surface area contributed by atoms with E-state index in [1.807, 2.05) is 20.8 Å². The molecule has 0 aliphatic heterocycles. The van der Waals surface area contributed by atoms with Crippen LogP contribution >= 0.6 is 0 Å². The first-order chi connectivity index (χ1) is 14.4. The third-order valence-corrected chi connectivity index (χ3v) is 5.32. The Morgan fingerprint density at radius 3 is 2.16 bits per heavy atom. The fraction of sp³-hybridized carbons (Fsp3) is 0.333. The highest BCUT2D eigenvalue weighted by Gasteiger charge is 2.39. The van der Waals surface area contributed by atoms with Crippen LogP contribution in [0, 0.1) is 27.7 Å². The van der Waals surface area contributed by atoms with Crippen molar-refractivity contribution in [3.63, 3.8) is 0 Å². The number of benzene rings is 2. The summed E-state index contributed by atoms with van der Waals surface area (Å²) < 4.78 is 45.6. The first-order valence-electron chi connectivity index (χ1n) is 9.72. The lowest BCUT2D eigenvalue weighted by Crippen LogP contribution is -2.31. The molecule has 4 nitrogen and oxygen atoms in total. The molecule has 0 fully saturated rings. The van der Waals surface area contributed by atoms with E-state index < -0.39 is 24.0 Å². The van der Waals surface area contributed by atoms with Gasteiger partial charge in [-0.3, -0.25) is 4.79 Å². The average molecular weight is 433 g/mol. The summed E-state index contributed by atoms with van der Waals surface area (Å²) in [6, 6.07) is 8.28. The standard InChI is InChI=1S/C24H26F3NO3/c1-14-11-20(12-15(2)17(14)4)21(24(25,26)27)9-7-18-6-8-19(16(3)10-18)13-28-22(29)23(30)31-5/h6-12,21H,13H2,1-5H3,(H,28,29)/b9-7+. The second-order valence-corrected chi connectivity index (χ2v) is 7.52. The molecule has 0 aromatic heterocycles. The predicted octanol–water partition coefficient (Wildman–Crippen LogP) is 5.07. The van der Waals surface area contributed by atoms with Crippen LogP contribution in [0.1, 0.15) is 44.9 Å². The maximum Gasteiger partial charge on any atom is 0.399 e. The van der Waals surface area contributed by atoms with Gasteiger partial charge in [-0.1, -0.05) is 42.5 Å². The molecule has 0 aliphatic rings. The van der Waals surface area contributed by atoms with E-state index in [2.05, 4.69) is 10.1 Å². The molecule has 0 bridgehead atoms. The normalized spacial score (nSPS) is 12.6. The highest BCUT2D eigenvalue weighted by Crippen LogP contribution is 2.37. The summed E-state index contributed by atoms with van der Waals surface area (Å²) in [7, 11) is 1.11. The van der Waals surface area contributed by atoms with Crippen LogP contribution < -0.4 is 5.32 Å². The Balaban J connectivity index is 2.24. The lowest BCUT2D eigenvalue weighted by molar-refractivity contribution is -0.152. The van der Waals surface area contributed by atoms with E-state index in [0.717, 1.165) is 41.0 Å². The second-order valence-electron chi connectivity index (χ2n) is 7.52. The van der Waals surface area contributed by atoms with Gasteiger partial charge in [-0.05, 0) is 66.6 Å². The summed E-state index contributed by atoms with van der Waals surface area (Å²) >= 11 is 0.